The van der Waals surface area contributed by atoms with Crippen LogP contribution >= 0.6 is 0 Å². The maximum Gasteiger partial charge on any atom is 0.244 e. The Morgan fingerprint density at radius 3 is 2.45 bits per heavy atom. The molecule has 2 heterocycles. The second-order valence-corrected chi connectivity index (χ2v) is 5.36. The lowest BCUT2D eigenvalue weighted by molar-refractivity contribution is -0.122. The van der Waals surface area contributed by atoms with Crippen molar-refractivity contribution >= 4 is 16.9 Å². The van der Waals surface area contributed by atoms with Crippen LogP contribution in [-0.2, 0) is 11.3 Å². The number of carbonyl (C=O) groups is 1. The third kappa shape index (κ3) is 2.69. The molecule has 22 heavy (non-hydrogen) atoms. The van der Waals surface area contributed by atoms with Gasteiger partial charge in [-0.3, -0.25) is 9.89 Å². The third-order valence-electron chi connectivity index (χ3n) is 3.61. The lowest BCUT2D eigenvalue weighted by atomic mass is 10.1. The smallest absolute Gasteiger partial charge is 0.244 e. The molecule has 1 unspecified atom stereocenters. The van der Waals surface area contributed by atoms with Gasteiger partial charge in [0.05, 0.1) is 11.7 Å². The second kappa shape index (κ2) is 5.59. The number of rotatable bonds is 4. The number of amides is 1. The normalized spacial score (nSPS) is 12.5. The maximum atomic E-state index is 12.2. The fourth-order valence-corrected chi connectivity index (χ4v) is 2.66. The van der Waals surface area contributed by atoms with Crippen LogP contribution in [0.25, 0.3) is 11.0 Å². The summed E-state index contributed by atoms with van der Waals surface area (Å²) in [6, 6.07) is 7.42. The Labute approximate surface area is 127 Å². The van der Waals surface area contributed by atoms with Gasteiger partial charge in [0, 0.05) is 11.3 Å². The Bertz CT molecular complexity index is 766. The van der Waals surface area contributed by atoms with Crippen molar-refractivity contribution in [2.75, 3.05) is 0 Å². The van der Waals surface area contributed by atoms with Crippen molar-refractivity contribution in [2.45, 2.75) is 33.4 Å². The number of nitrogens with one attached hydrogen (secondary N) is 2. The molecule has 0 aliphatic heterocycles. The Morgan fingerprint density at radius 1 is 1.27 bits per heavy atom. The first-order valence-corrected chi connectivity index (χ1v) is 7.15. The van der Waals surface area contributed by atoms with Crippen LogP contribution in [0.5, 0.6) is 0 Å². The number of aryl methyl sites for hydroxylation is 2. The van der Waals surface area contributed by atoms with Crippen LogP contribution in [0.15, 0.2) is 24.3 Å². The quantitative estimate of drug-likeness (QED) is 0.766. The molecule has 1 amide bonds. The summed E-state index contributed by atoms with van der Waals surface area (Å²) >= 11 is 0. The van der Waals surface area contributed by atoms with Crippen molar-refractivity contribution in [3.05, 3.63) is 41.2 Å². The maximum absolute atomic E-state index is 12.2. The lowest BCUT2D eigenvalue weighted by Crippen LogP contribution is -2.31. The van der Waals surface area contributed by atoms with Crippen molar-refractivity contribution in [3.63, 3.8) is 0 Å². The standard InChI is InChI=1S/C15H18N6O/c1-9(15-10(2)17-18-11(15)3)16-14(22)8-21-19-12-6-4-5-7-13(12)20-21/h4-7,9H,8H2,1-3H3,(H,16,22)(H,17,18). The number of aromatic amines is 1. The van der Waals surface area contributed by atoms with Gasteiger partial charge in [-0.2, -0.15) is 20.1 Å². The molecule has 3 aromatic rings. The molecule has 0 aliphatic carbocycles. The molecule has 114 valence electrons. The van der Waals surface area contributed by atoms with E-state index in [1.165, 1.54) is 4.80 Å². The van der Waals surface area contributed by atoms with Crippen molar-refractivity contribution < 1.29 is 4.79 Å². The molecule has 0 aliphatic rings. The summed E-state index contributed by atoms with van der Waals surface area (Å²) in [5.74, 6) is -0.132. The third-order valence-corrected chi connectivity index (χ3v) is 3.61. The number of H-pyrrole nitrogens is 1. The predicted molar refractivity (Wildman–Crippen MR) is 82.1 cm³/mol. The zero-order valence-electron chi connectivity index (χ0n) is 12.8. The molecule has 0 radical (unpaired) electrons. The van der Waals surface area contributed by atoms with Gasteiger partial charge < -0.3 is 5.32 Å². The average Bonchev–Trinajstić information content (AvgIpc) is 3.01. The van der Waals surface area contributed by atoms with E-state index in [-0.39, 0.29) is 18.5 Å². The van der Waals surface area contributed by atoms with Crippen molar-refractivity contribution in [3.8, 4) is 0 Å². The molecule has 0 spiro atoms. The predicted octanol–water partition coefficient (Wildman–Crippen LogP) is 1.65. The van der Waals surface area contributed by atoms with Crippen molar-refractivity contribution in [2.24, 2.45) is 0 Å². The van der Waals surface area contributed by atoms with Gasteiger partial charge in [-0.05, 0) is 32.9 Å². The molecule has 3 rings (SSSR count). The number of hydrogen-bond donors (Lipinski definition) is 2. The lowest BCUT2D eigenvalue weighted by Gasteiger charge is -2.14. The van der Waals surface area contributed by atoms with Crippen LogP contribution in [-0.4, -0.2) is 31.1 Å². The molecule has 0 saturated carbocycles. The van der Waals surface area contributed by atoms with Crippen LogP contribution in [0.3, 0.4) is 0 Å². The highest BCUT2D eigenvalue weighted by atomic mass is 16.2. The van der Waals surface area contributed by atoms with Crippen molar-refractivity contribution in [1.29, 1.82) is 0 Å². The highest BCUT2D eigenvalue weighted by molar-refractivity contribution is 5.77. The van der Waals surface area contributed by atoms with Gasteiger partial charge in [0.2, 0.25) is 5.91 Å². The topological polar surface area (TPSA) is 88.5 Å². The Morgan fingerprint density at radius 2 is 1.91 bits per heavy atom. The number of nitrogens with zero attached hydrogens (tertiary/aromatic N) is 4. The van der Waals surface area contributed by atoms with Gasteiger partial charge in [0.15, 0.2) is 0 Å². The minimum Gasteiger partial charge on any atom is -0.348 e. The van der Waals surface area contributed by atoms with Crippen LogP contribution in [0.4, 0.5) is 0 Å². The number of carbonyl (C=O) groups excluding carboxylic acids is 1. The van der Waals surface area contributed by atoms with E-state index in [0.29, 0.717) is 0 Å². The summed E-state index contributed by atoms with van der Waals surface area (Å²) in [5, 5.41) is 18.6. The first-order chi connectivity index (χ1) is 10.5. The van der Waals surface area contributed by atoms with Crippen LogP contribution in [0.1, 0.15) is 29.9 Å². The van der Waals surface area contributed by atoms with Gasteiger partial charge >= 0.3 is 0 Å². The minimum atomic E-state index is -0.132. The van der Waals surface area contributed by atoms with E-state index in [0.717, 1.165) is 28.0 Å². The van der Waals surface area contributed by atoms with E-state index in [1.807, 2.05) is 45.0 Å². The fraction of sp³-hybridized carbons (Fsp3) is 0.333. The van der Waals surface area contributed by atoms with Crippen LogP contribution in [0.2, 0.25) is 0 Å². The fourth-order valence-electron chi connectivity index (χ4n) is 2.66. The molecular weight excluding hydrogens is 280 g/mol. The molecule has 2 aromatic heterocycles. The highest BCUT2D eigenvalue weighted by Crippen LogP contribution is 2.18. The van der Waals surface area contributed by atoms with E-state index >= 15 is 0 Å². The molecule has 0 bridgehead atoms. The van der Waals surface area contributed by atoms with E-state index in [4.69, 9.17) is 0 Å². The second-order valence-electron chi connectivity index (χ2n) is 5.36. The van der Waals surface area contributed by atoms with Crippen molar-refractivity contribution in [1.82, 2.24) is 30.5 Å². The summed E-state index contributed by atoms with van der Waals surface area (Å²) in [6.07, 6.45) is 0. The van der Waals surface area contributed by atoms with E-state index < -0.39 is 0 Å². The number of benzene rings is 1. The minimum absolute atomic E-state index is 0.0922. The molecule has 1 aromatic carbocycles. The van der Waals surface area contributed by atoms with Gasteiger partial charge in [0.1, 0.15) is 17.6 Å². The average molecular weight is 298 g/mol. The first kappa shape index (κ1) is 14.2. The largest absolute Gasteiger partial charge is 0.348 e. The Balaban J connectivity index is 1.69. The Kier molecular flexibility index (Phi) is 3.62. The summed E-state index contributed by atoms with van der Waals surface area (Å²) in [4.78, 5) is 13.6. The number of aromatic nitrogens is 5. The molecule has 7 nitrogen and oxygen atoms in total. The van der Waals surface area contributed by atoms with Gasteiger partial charge in [-0.15, -0.1) is 0 Å². The first-order valence-electron chi connectivity index (χ1n) is 7.15. The summed E-state index contributed by atoms with van der Waals surface area (Å²) < 4.78 is 0. The molecule has 1 atom stereocenters. The molecule has 0 saturated heterocycles. The van der Waals surface area contributed by atoms with Gasteiger partial charge in [0.25, 0.3) is 0 Å². The zero-order valence-corrected chi connectivity index (χ0v) is 12.8. The SMILES string of the molecule is Cc1n[nH]c(C)c1C(C)NC(=O)Cn1nc2ccccc2n1. The summed E-state index contributed by atoms with van der Waals surface area (Å²) in [6.45, 7) is 5.90. The molecule has 2 N–H and O–H groups in total. The highest BCUT2D eigenvalue weighted by Gasteiger charge is 2.17. The summed E-state index contributed by atoms with van der Waals surface area (Å²) in [5.41, 5.74) is 4.45. The van der Waals surface area contributed by atoms with E-state index in [1.54, 1.807) is 0 Å². The van der Waals surface area contributed by atoms with E-state index in [9.17, 15) is 4.79 Å². The summed E-state index contributed by atoms with van der Waals surface area (Å²) in [7, 11) is 0. The van der Waals surface area contributed by atoms with Crippen LogP contribution < -0.4 is 5.32 Å². The van der Waals surface area contributed by atoms with Gasteiger partial charge in [-0.1, -0.05) is 12.1 Å². The van der Waals surface area contributed by atoms with Crippen LogP contribution in [0, 0.1) is 13.8 Å². The number of fused-ring (bicyclic) bond motifs is 1. The zero-order chi connectivity index (χ0) is 15.7. The Hall–Kier alpha value is -2.70. The van der Waals surface area contributed by atoms with Gasteiger partial charge in [-0.25, -0.2) is 0 Å². The number of hydrogen-bond acceptors (Lipinski definition) is 4. The monoisotopic (exact) mass is 298 g/mol. The molecular formula is C15H18N6O. The molecule has 0 fully saturated rings. The molecule has 7 heteroatoms. The van der Waals surface area contributed by atoms with E-state index in [2.05, 4.69) is 25.7 Å².